The molecule has 0 spiro atoms. The molecule has 37 heavy (non-hydrogen) atoms. The second-order valence-electron chi connectivity index (χ2n) is 9.22. The number of amides is 3. The molecule has 1 aliphatic heterocycles. The van der Waals surface area contributed by atoms with Crippen LogP contribution in [0.5, 0.6) is 0 Å². The van der Waals surface area contributed by atoms with Crippen molar-refractivity contribution in [1.82, 2.24) is 20.1 Å². The normalized spacial score (nSPS) is 14.2. The summed E-state index contributed by atoms with van der Waals surface area (Å²) in [7, 11) is 0. The summed E-state index contributed by atoms with van der Waals surface area (Å²) in [6.07, 6.45) is 0.831. The quantitative estimate of drug-likeness (QED) is 0.344. The Hall–Kier alpha value is -3.02. The van der Waals surface area contributed by atoms with Crippen LogP contribution in [0, 0.1) is 0 Å². The number of carbonyl (C=O) groups is 3. The molecule has 1 aromatic carbocycles. The van der Waals surface area contributed by atoms with Gasteiger partial charge in [-0.25, -0.2) is 9.78 Å². The van der Waals surface area contributed by atoms with Crippen LogP contribution in [0.3, 0.4) is 0 Å². The molecular weight excluding hydrogens is 510 g/mol. The third-order valence-electron chi connectivity index (χ3n) is 6.71. The van der Waals surface area contributed by atoms with E-state index in [1.807, 2.05) is 32.0 Å². The van der Waals surface area contributed by atoms with Crippen LogP contribution >= 0.6 is 22.7 Å². The summed E-state index contributed by atoms with van der Waals surface area (Å²) in [6, 6.07) is 8.10. The lowest BCUT2D eigenvalue weighted by Crippen LogP contribution is -2.38. The Morgan fingerprint density at radius 2 is 2.03 bits per heavy atom. The van der Waals surface area contributed by atoms with Gasteiger partial charge in [-0.3, -0.25) is 14.5 Å². The molecule has 0 bridgehead atoms. The SMILES string of the molecule is CCC(C)N(CCC(=O)Nc1sc2c(c1-c1nc3ccccc3s1)CCN(CCNC(=O)O)C2)C(C)=O. The van der Waals surface area contributed by atoms with Crippen LogP contribution in [0.15, 0.2) is 24.3 Å². The first kappa shape index (κ1) is 27.0. The number of hydrogen-bond acceptors (Lipinski definition) is 7. The number of rotatable bonds is 10. The highest BCUT2D eigenvalue weighted by Gasteiger charge is 2.28. The van der Waals surface area contributed by atoms with Crippen molar-refractivity contribution < 1.29 is 19.5 Å². The molecular formula is C26H33N5O4S2. The maximum atomic E-state index is 13.1. The Morgan fingerprint density at radius 1 is 1.24 bits per heavy atom. The number of fused-ring (bicyclic) bond motifs is 2. The van der Waals surface area contributed by atoms with E-state index >= 15 is 0 Å². The molecule has 1 aliphatic rings. The van der Waals surface area contributed by atoms with Crippen molar-refractivity contribution in [1.29, 1.82) is 0 Å². The van der Waals surface area contributed by atoms with Gasteiger partial charge in [0.1, 0.15) is 10.0 Å². The van der Waals surface area contributed by atoms with Crippen LogP contribution in [0.4, 0.5) is 9.80 Å². The van der Waals surface area contributed by atoms with Gasteiger partial charge >= 0.3 is 6.09 Å². The first-order chi connectivity index (χ1) is 17.8. The molecule has 0 saturated heterocycles. The van der Waals surface area contributed by atoms with E-state index in [1.54, 1.807) is 34.5 Å². The average molecular weight is 544 g/mol. The van der Waals surface area contributed by atoms with Crippen LogP contribution in [0.2, 0.25) is 0 Å². The molecule has 9 nitrogen and oxygen atoms in total. The second-order valence-corrected chi connectivity index (χ2v) is 11.4. The minimum atomic E-state index is -1.02. The maximum absolute atomic E-state index is 13.1. The predicted octanol–water partition coefficient (Wildman–Crippen LogP) is 4.63. The van der Waals surface area contributed by atoms with E-state index < -0.39 is 6.09 Å². The molecule has 3 aromatic rings. The molecule has 0 saturated carbocycles. The van der Waals surface area contributed by atoms with Gasteiger partial charge in [-0.05, 0) is 37.5 Å². The van der Waals surface area contributed by atoms with Crippen molar-refractivity contribution >= 4 is 55.8 Å². The zero-order valence-corrected chi connectivity index (χ0v) is 23.0. The fourth-order valence-corrected chi connectivity index (χ4v) is 7.00. The van der Waals surface area contributed by atoms with Crippen molar-refractivity contribution in [2.75, 3.05) is 31.5 Å². The van der Waals surface area contributed by atoms with Crippen LogP contribution in [0.1, 0.15) is 44.1 Å². The highest BCUT2D eigenvalue weighted by molar-refractivity contribution is 7.22. The molecule has 3 heterocycles. The van der Waals surface area contributed by atoms with Crippen molar-refractivity contribution in [2.45, 2.75) is 52.6 Å². The topological polar surface area (TPSA) is 115 Å². The minimum Gasteiger partial charge on any atom is -0.465 e. The number of carboxylic acid groups (broad SMARTS) is 1. The summed E-state index contributed by atoms with van der Waals surface area (Å²) in [4.78, 5) is 45.9. The molecule has 0 fully saturated rings. The van der Waals surface area contributed by atoms with Gasteiger partial charge in [0.2, 0.25) is 11.8 Å². The number of nitrogens with zero attached hydrogens (tertiary/aromatic N) is 3. The Morgan fingerprint density at radius 3 is 2.73 bits per heavy atom. The Bertz CT molecular complexity index is 1250. The van der Waals surface area contributed by atoms with Crippen LogP contribution in [0.25, 0.3) is 20.8 Å². The molecule has 4 rings (SSSR count). The lowest BCUT2D eigenvalue weighted by Gasteiger charge is -2.27. The van der Waals surface area contributed by atoms with E-state index in [0.29, 0.717) is 26.2 Å². The monoisotopic (exact) mass is 543 g/mol. The zero-order chi connectivity index (χ0) is 26.5. The number of thiazole rings is 1. The highest BCUT2D eigenvalue weighted by Crippen LogP contribution is 2.45. The van der Waals surface area contributed by atoms with Crippen LogP contribution < -0.4 is 10.6 Å². The number of thiophene rings is 1. The van der Waals surface area contributed by atoms with E-state index in [0.717, 1.165) is 50.1 Å². The van der Waals surface area contributed by atoms with E-state index in [-0.39, 0.29) is 24.3 Å². The minimum absolute atomic E-state index is 0.0265. The van der Waals surface area contributed by atoms with Gasteiger partial charge in [0, 0.05) is 62.6 Å². The largest absolute Gasteiger partial charge is 0.465 e. The van der Waals surface area contributed by atoms with Gasteiger partial charge < -0.3 is 20.6 Å². The van der Waals surface area contributed by atoms with E-state index in [9.17, 15) is 14.4 Å². The summed E-state index contributed by atoms with van der Waals surface area (Å²) in [5, 5.41) is 16.1. The lowest BCUT2D eigenvalue weighted by molar-refractivity contribution is -0.131. The zero-order valence-electron chi connectivity index (χ0n) is 21.4. The standard InChI is InChI=1S/C26H33N5O4S2/c1-4-16(2)31(17(3)32)13-10-22(33)29-25-23(24-28-19-7-5-6-8-20(19)36-24)18-9-12-30(15-21(18)37-25)14-11-27-26(34)35/h5-8,16,27H,4,9-15H2,1-3H3,(H,29,33)(H,34,35). The Balaban J connectivity index is 1.57. The predicted molar refractivity (Wildman–Crippen MR) is 148 cm³/mol. The van der Waals surface area contributed by atoms with E-state index in [4.69, 9.17) is 10.1 Å². The number of anilines is 1. The van der Waals surface area contributed by atoms with Gasteiger partial charge in [0.05, 0.1) is 10.2 Å². The summed E-state index contributed by atoms with van der Waals surface area (Å²) in [6.45, 7) is 8.44. The van der Waals surface area contributed by atoms with Crippen LogP contribution in [-0.4, -0.2) is 70.0 Å². The van der Waals surface area contributed by atoms with E-state index in [1.165, 1.54) is 5.56 Å². The van der Waals surface area contributed by atoms with Gasteiger partial charge in [-0.1, -0.05) is 19.1 Å². The van der Waals surface area contributed by atoms with Crippen molar-refractivity contribution in [2.24, 2.45) is 0 Å². The van der Waals surface area contributed by atoms with Gasteiger partial charge in [0.25, 0.3) is 0 Å². The third-order valence-corrected chi connectivity index (χ3v) is 8.89. The van der Waals surface area contributed by atoms with Gasteiger partial charge in [-0.2, -0.15) is 0 Å². The van der Waals surface area contributed by atoms with E-state index in [2.05, 4.69) is 21.6 Å². The first-order valence-electron chi connectivity index (χ1n) is 12.5. The fourth-order valence-electron chi connectivity index (χ4n) is 4.58. The van der Waals surface area contributed by atoms with Gasteiger partial charge in [-0.15, -0.1) is 22.7 Å². The number of benzene rings is 1. The second kappa shape index (κ2) is 12.0. The smallest absolute Gasteiger partial charge is 0.404 e. The molecule has 198 valence electrons. The molecule has 0 radical (unpaired) electrons. The maximum Gasteiger partial charge on any atom is 0.404 e. The molecule has 1 atom stereocenters. The highest BCUT2D eigenvalue weighted by atomic mass is 32.1. The number of carbonyl (C=O) groups excluding carboxylic acids is 2. The summed E-state index contributed by atoms with van der Waals surface area (Å²) in [5.74, 6) is -0.153. The number of hydrogen-bond donors (Lipinski definition) is 3. The van der Waals surface area contributed by atoms with Gasteiger partial charge in [0.15, 0.2) is 0 Å². The van der Waals surface area contributed by atoms with Crippen molar-refractivity contribution in [3.8, 4) is 10.6 Å². The lowest BCUT2D eigenvalue weighted by atomic mass is 10.0. The summed E-state index contributed by atoms with van der Waals surface area (Å²) in [5.41, 5.74) is 3.12. The van der Waals surface area contributed by atoms with Crippen molar-refractivity contribution in [3.63, 3.8) is 0 Å². The fraction of sp³-hybridized carbons (Fsp3) is 0.462. The summed E-state index contributed by atoms with van der Waals surface area (Å²) < 4.78 is 1.09. The molecule has 2 aromatic heterocycles. The summed E-state index contributed by atoms with van der Waals surface area (Å²) >= 11 is 3.18. The molecule has 11 heteroatoms. The number of nitrogens with one attached hydrogen (secondary N) is 2. The third kappa shape index (κ3) is 6.46. The molecule has 3 N–H and O–H groups in total. The van der Waals surface area contributed by atoms with Crippen molar-refractivity contribution in [3.05, 3.63) is 34.7 Å². The number of aromatic nitrogens is 1. The first-order valence-corrected chi connectivity index (χ1v) is 14.2. The molecule has 3 amide bonds. The molecule has 1 unspecified atom stereocenters. The Labute approximate surface area is 224 Å². The molecule has 0 aliphatic carbocycles. The number of para-hydroxylation sites is 1. The Kier molecular flexibility index (Phi) is 8.78. The average Bonchev–Trinajstić information content (AvgIpc) is 3.43. The van der Waals surface area contributed by atoms with Crippen LogP contribution in [-0.2, 0) is 22.6 Å².